The van der Waals surface area contributed by atoms with Crippen LogP contribution in [0, 0.1) is 18.7 Å². The second-order valence-electron chi connectivity index (χ2n) is 5.95. The number of allylic oxidation sites excluding steroid dienone is 2. The molecule has 8 heteroatoms. The molecule has 0 fully saturated rings. The van der Waals surface area contributed by atoms with Crippen molar-refractivity contribution in [1.82, 2.24) is 15.3 Å². The summed E-state index contributed by atoms with van der Waals surface area (Å²) in [5, 5.41) is 12.6. The molecule has 1 aliphatic rings. The number of hydroxylamine groups is 1. The first-order valence-electron chi connectivity index (χ1n) is 7.64. The highest BCUT2D eigenvalue weighted by Crippen LogP contribution is 2.43. The van der Waals surface area contributed by atoms with Gasteiger partial charge in [-0.1, -0.05) is 18.2 Å². The van der Waals surface area contributed by atoms with E-state index in [1.54, 1.807) is 30.6 Å². The lowest BCUT2D eigenvalue weighted by molar-refractivity contribution is -0.133. The molecule has 0 spiro atoms. The number of benzene rings is 1. The van der Waals surface area contributed by atoms with Crippen LogP contribution in [0.25, 0.3) is 5.57 Å². The van der Waals surface area contributed by atoms with Crippen molar-refractivity contribution in [2.45, 2.75) is 25.8 Å². The SMILES string of the molecule is Cc1c(F)cccc1C1C=C(c2cnn(C(F)F)c2)CC1C(=O)NO. The second kappa shape index (κ2) is 6.72. The zero-order chi connectivity index (χ0) is 18.1. The first-order valence-corrected chi connectivity index (χ1v) is 7.64. The van der Waals surface area contributed by atoms with Gasteiger partial charge in [-0.25, -0.2) is 14.6 Å². The van der Waals surface area contributed by atoms with Gasteiger partial charge in [0.15, 0.2) is 0 Å². The summed E-state index contributed by atoms with van der Waals surface area (Å²) >= 11 is 0. The normalized spacial score (nSPS) is 20.0. The Morgan fingerprint density at radius 3 is 2.84 bits per heavy atom. The number of hydrogen-bond acceptors (Lipinski definition) is 3. The average Bonchev–Trinajstić information content (AvgIpc) is 3.23. The fourth-order valence-corrected chi connectivity index (χ4v) is 3.22. The Morgan fingerprint density at radius 2 is 2.20 bits per heavy atom. The maximum Gasteiger partial charge on any atom is 0.333 e. The van der Waals surface area contributed by atoms with E-state index in [4.69, 9.17) is 5.21 Å². The Balaban J connectivity index is 2.01. The van der Waals surface area contributed by atoms with Crippen molar-refractivity contribution in [2.75, 3.05) is 0 Å². The van der Waals surface area contributed by atoms with Crippen LogP contribution in [0.1, 0.15) is 35.6 Å². The summed E-state index contributed by atoms with van der Waals surface area (Å²) in [5.41, 5.74) is 3.76. The lowest BCUT2D eigenvalue weighted by Gasteiger charge is -2.19. The van der Waals surface area contributed by atoms with Crippen LogP contribution in [0.15, 0.2) is 36.7 Å². The predicted molar refractivity (Wildman–Crippen MR) is 83.4 cm³/mol. The van der Waals surface area contributed by atoms with E-state index in [0.717, 1.165) is 0 Å². The Kier molecular flexibility index (Phi) is 4.63. The highest BCUT2D eigenvalue weighted by atomic mass is 19.3. The molecule has 1 aliphatic carbocycles. The third-order valence-electron chi connectivity index (χ3n) is 4.54. The predicted octanol–water partition coefficient (Wildman–Crippen LogP) is 3.42. The maximum absolute atomic E-state index is 13.9. The van der Waals surface area contributed by atoms with E-state index in [0.29, 0.717) is 26.9 Å². The number of carbonyl (C=O) groups is 1. The minimum absolute atomic E-state index is 0.224. The van der Waals surface area contributed by atoms with E-state index in [-0.39, 0.29) is 6.42 Å². The summed E-state index contributed by atoms with van der Waals surface area (Å²) in [6.45, 7) is -1.15. The van der Waals surface area contributed by atoms with E-state index in [1.807, 2.05) is 0 Å². The van der Waals surface area contributed by atoms with Gasteiger partial charge in [0.1, 0.15) is 5.82 Å². The smallest absolute Gasteiger partial charge is 0.289 e. The molecule has 1 amide bonds. The van der Waals surface area contributed by atoms with E-state index in [1.165, 1.54) is 18.5 Å². The molecule has 25 heavy (non-hydrogen) atoms. The molecule has 0 saturated heterocycles. The maximum atomic E-state index is 13.9. The number of carbonyl (C=O) groups excluding carboxylic acids is 1. The molecule has 2 aromatic rings. The van der Waals surface area contributed by atoms with Crippen LogP contribution in [0.4, 0.5) is 13.2 Å². The molecule has 0 radical (unpaired) electrons. The molecule has 2 atom stereocenters. The molecule has 132 valence electrons. The van der Waals surface area contributed by atoms with E-state index < -0.39 is 30.1 Å². The molecular weight excluding hydrogens is 335 g/mol. The third kappa shape index (κ3) is 3.17. The fraction of sp³-hybridized carbons (Fsp3) is 0.294. The molecule has 1 heterocycles. The van der Waals surface area contributed by atoms with E-state index >= 15 is 0 Å². The molecule has 1 aromatic heterocycles. The van der Waals surface area contributed by atoms with Gasteiger partial charge in [-0.2, -0.15) is 13.9 Å². The molecule has 2 unspecified atom stereocenters. The lowest BCUT2D eigenvalue weighted by Crippen LogP contribution is -2.30. The number of hydrogen-bond donors (Lipinski definition) is 2. The highest BCUT2D eigenvalue weighted by Gasteiger charge is 2.36. The van der Waals surface area contributed by atoms with Gasteiger partial charge in [0.2, 0.25) is 5.91 Å². The number of nitrogens with zero attached hydrogens (tertiary/aromatic N) is 2. The van der Waals surface area contributed by atoms with Crippen molar-refractivity contribution in [2.24, 2.45) is 5.92 Å². The number of rotatable bonds is 4. The molecule has 0 saturated carbocycles. The van der Waals surface area contributed by atoms with Gasteiger partial charge in [-0.15, -0.1) is 0 Å². The van der Waals surface area contributed by atoms with Crippen molar-refractivity contribution in [3.63, 3.8) is 0 Å². The molecule has 3 rings (SSSR count). The number of amides is 1. The molecule has 1 aromatic carbocycles. The van der Waals surface area contributed by atoms with Gasteiger partial charge in [0.05, 0.1) is 12.1 Å². The minimum Gasteiger partial charge on any atom is -0.289 e. The van der Waals surface area contributed by atoms with Gasteiger partial charge >= 0.3 is 6.55 Å². The fourth-order valence-electron chi connectivity index (χ4n) is 3.22. The Labute approximate surface area is 141 Å². The topological polar surface area (TPSA) is 67.2 Å². The van der Waals surface area contributed by atoms with Gasteiger partial charge in [0, 0.05) is 17.7 Å². The summed E-state index contributed by atoms with van der Waals surface area (Å²) in [7, 11) is 0. The minimum atomic E-state index is -2.76. The lowest BCUT2D eigenvalue weighted by atomic mass is 9.85. The molecule has 2 N–H and O–H groups in total. The molecule has 5 nitrogen and oxygen atoms in total. The van der Waals surface area contributed by atoms with Crippen molar-refractivity contribution >= 4 is 11.5 Å². The number of aromatic nitrogens is 2. The van der Waals surface area contributed by atoms with Crippen LogP contribution in [0.5, 0.6) is 0 Å². The van der Waals surface area contributed by atoms with Crippen LogP contribution in [-0.4, -0.2) is 20.9 Å². The van der Waals surface area contributed by atoms with Crippen molar-refractivity contribution in [1.29, 1.82) is 0 Å². The molecular formula is C17H16F3N3O2. The first-order chi connectivity index (χ1) is 11.9. The number of halogens is 3. The van der Waals surface area contributed by atoms with Crippen molar-refractivity contribution < 1.29 is 23.2 Å². The zero-order valence-electron chi connectivity index (χ0n) is 13.3. The van der Waals surface area contributed by atoms with Gasteiger partial charge in [-0.3, -0.25) is 10.0 Å². The number of alkyl halides is 2. The van der Waals surface area contributed by atoms with Crippen LogP contribution >= 0.6 is 0 Å². The van der Waals surface area contributed by atoms with Crippen LogP contribution in [-0.2, 0) is 4.79 Å². The van der Waals surface area contributed by atoms with Gasteiger partial charge in [0.25, 0.3) is 0 Å². The van der Waals surface area contributed by atoms with Crippen LogP contribution in [0.2, 0.25) is 0 Å². The highest BCUT2D eigenvalue weighted by molar-refractivity contribution is 5.85. The Hall–Kier alpha value is -2.61. The summed E-state index contributed by atoms with van der Waals surface area (Å²) in [6.07, 6.45) is 4.47. The number of nitrogens with one attached hydrogen (secondary N) is 1. The summed E-state index contributed by atoms with van der Waals surface area (Å²) in [4.78, 5) is 12.1. The van der Waals surface area contributed by atoms with E-state index in [9.17, 15) is 18.0 Å². The third-order valence-corrected chi connectivity index (χ3v) is 4.54. The van der Waals surface area contributed by atoms with Crippen molar-refractivity contribution in [3.05, 3.63) is 59.2 Å². The zero-order valence-corrected chi connectivity index (χ0v) is 13.3. The summed E-state index contributed by atoms with van der Waals surface area (Å²) < 4.78 is 39.8. The Bertz CT molecular complexity index is 832. The monoisotopic (exact) mass is 351 g/mol. The standard InChI is InChI=1S/C17H16F3N3O2/c1-9-12(3-2-4-15(9)18)13-5-10(6-14(13)16(24)22-25)11-7-21-23(8-11)17(19)20/h2-5,7-8,13-14,17,25H,6H2,1H3,(H,22,24). The van der Waals surface area contributed by atoms with Crippen molar-refractivity contribution in [3.8, 4) is 0 Å². The van der Waals surface area contributed by atoms with Gasteiger partial charge in [-0.05, 0) is 36.1 Å². The average molecular weight is 351 g/mol. The summed E-state index contributed by atoms with van der Waals surface area (Å²) in [5.74, 6) is -2.16. The molecule has 0 aliphatic heterocycles. The molecule has 0 bridgehead atoms. The van der Waals surface area contributed by atoms with Gasteiger partial charge < -0.3 is 0 Å². The van der Waals surface area contributed by atoms with Crippen LogP contribution < -0.4 is 5.48 Å². The second-order valence-corrected chi connectivity index (χ2v) is 5.95. The quantitative estimate of drug-likeness (QED) is 0.655. The van der Waals surface area contributed by atoms with E-state index in [2.05, 4.69) is 5.10 Å². The Morgan fingerprint density at radius 1 is 1.44 bits per heavy atom. The first kappa shape index (κ1) is 17.2. The van der Waals surface area contributed by atoms with Crippen LogP contribution in [0.3, 0.4) is 0 Å². The largest absolute Gasteiger partial charge is 0.333 e. The summed E-state index contributed by atoms with van der Waals surface area (Å²) in [6, 6.07) is 4.58.